The minimum Gasteiger partial charge on any atom is -0.462 e. The number of furan rings is 1. The zero-order valence-electron chi connectivity index (χ0n) is 12.6. The van der Waals surface area contributed by atoms with Gasteiger partial charge in [0.15, 0.2) is 0 Å². The first-order valence-electron chi connectivity index (χ1n) is 6.98. The van der Waals surface area contributed by atoms with Crippen LogP contribution < -0.4 is 5.32 Å². The molecule has 122 valence electrons. The molecule has 2 rings (SSSR count). The highest BCUT2D eigenvalue weighted by Gasteiger charge is 2.30. The summed E-state index contributed by atoms with van der Waals surface area (Å²) in [5, 5.41) is 2.62. The lowest BCUT2D eigenvalue weighted by atomic mass is 10.0. The number of hydrogen-bond acceptors (Lipinski definition) is 2. The number of benzene rings is 1. The molecule has 3 nitrogen and oxygen atoms in total. The molecular weight excluding hydrogens is 307 g/mol. The number of aryl methyl sites for hydroxylation is 1. The van der Waals surface area contributed by atoms with E-state index in [1.165, 1.54) is 18.2 Å². The Hall–Kier alpha value is -2.50. The maximum absolute atomic E-state index is 12.7. The van der Waals surface area contributed by atoms with Crippen molar-refractivity contribution in [1.29, 1.82) is 0 Å². The Bertz CT molecular complexity index is 717. The summed E-state index contributed by atoms with van der Waals surface area (Å²) >= 11 is 0. The van der Waals surface area contributed by atoms with Crippen molar-refractivity contribution >= 4 is 12.0 Å². The average Bonchev–Trinajstić information content (AvgIpc) is 2.90. The van der Waals surface area contributed by atoms with Gasteiger partial charge >= 0.3 is 6.18 Å². The van der Waals surface area contributed by atoms with Crippen LogP contribution in [0.25, 0.3) is 6.08 Å². The van der Waals surface area contributed by atoms with Gasteiger partial charge in [-0.05, 0) is 49.8 Å². The Morgan fingerprint density at radius 1 is 1.26 bits per heavy atom. The van der Waals surface area contributed by atoms with Crippen molar-refractivity contribution < 1.29 is 22.4 Å². The molecule has 1 atom stereocenters. The Kier molecular flexibility index (Phi) is 4.93. The Balaban J connectivity index is 2.02. The molecule has 1 aromatic heterocycles. The second-order valence-electron chi connectivity index (χ2n) is 5.14. The molecule has 23 heavy (non-hydrogen) atoms. The maximum Gasteiger partial charge on any atom is 0.416 e. The van der Waals surface area contributed by atoms with Crippen LogP contribution in [-0.2, 0) is 11.0 Å². The summed E-state index contributed by atoms with van der Waals surface area (Å²) in [6.07, 6.45) is -1.62. The Labute approximate surface area is 131 Å². The van der Waals surface area contributed by atoms with Gasteiger partial charge in [0.1, 0.15) is 11.5 Å². The van der Waals surface area contributed by atoms with Gasteiger partial charge < -0.3 is 9.73 Å². The molecule has 1 heterocycles. The van der Waals surface area contributed by atoms with E-state index in [9.17, 15) is 18.0 Å². The van der Waals surface area contributed by atoms with Gasteiger partial charge in [0, 0.05) is 6.08 Å². The van der Waals surface area contributed by atoms with Crippen LogP contribution in [0.1, 0.15) is 35.6 Å². The molecule has 1 amide bonds. The third-order valence-electron chi connectivity index (χ3n) is 3.23. The van der Waals surface area contributed by atoms with Crippen LogP contribution in [0.5, 0.6) is 0 Å². The third-order valence-corrected chi connectivity index (χ3v) is 3.23. The van der Waals surface area contributed by atoms with Crippen molar-refractivity contribution in [3.8, 4) is 0 Å². The van der Waals surface area contributed by atoms with Crippen LogP contribution in [-0.4, -0.2) is 5.91 Å². The zero-order valence-corrected chi connectivity index (χ0v) is 12.6. The van der Waals surface area contributed by atoms with Crippen LogP contribution in [0.2, 0.25) is 0 Å². The first-order valence-corrected chi connectivity index (χ1v) is 6.98. The van der Waals surface area contributed by atoms with Crippen molar-refractivity contribution in [1.82, 2.24) is 5.32 Å². The molecule has 6 heteroatoms. The van der Waals surface area contributed by atoms with E-state index in [0.29, 0.717) is 11.3 Å². The summed E-state index contributed by atoms with van der Waals surface area (Å²) in [5.41, 5.74) is -0.354. The minimum absolute atomic E-state index is 0.385. The number of halogens is 3. The van der Waals surface area contributed by atoms with Crippen LogP contribution in [0.15, 0.2) is 46.9 Å². The summed E-state index contributed by atoms with van der Waals surface area (Å²) in [4.78, 5) is 11.8. The van der Waals surface area contributed by atoms with E-state index in [2.05, 4.69) is 5.32 Å². The fourth-order valence-electron chi connectivity index (χ4n) is 2.03. The van der Waals surface area contributed by atoms with E-state index in [1.807, 2.05) is 0 Å². The SMILES string of the molecule is Cc1ccc(/C=C/C(=O)NC(C)c2cccc(C(F)(F)F)c2)o1. The molecule has 2 aromatic rings. The van der Waals surface area contributed by atoms with Crippen LogP contribution in [0, 0.1) is 6.92 Å². The number of amides is 1. The predicted octanol–water partition coefficient (Wildman–Crippen LogP) is 4.50. The van der Waals surface area contributed by atoms with Crippen molar-refractivity contribution in [2.24, 2.45) is 0 Å². The number of carbonyl (C=O) groups is 1. The van der Waals surface area contributed by atoms with Gasteiger partial charge in [-0.1, -0.05) is 12.1 Å². The van der Waals surface area contributed by atoms with E-state index < -0.39 is 23.7 Å². The molecule has 1 N–H and O–H groups in total. The fourth-order valence-corrected chi connectivity index (χ4v) is 2.03. The van der Waals surface area contributed by atoms with Crippen molar-refractivity contribution in [3.63, 3.8) is 0 Å². The average molecular weight is 323 g/mol. The number of nitrogens with one attached hydrogen (secondary N) is 1. The molecule has 0 radical (unpaired) electrons. The van der Waals surface area contributed by atoms with E-state index in [1.54, 1.807) is 32.0 Å². The fraction of sp³-hybridized carbons (Fsp3) is 0.235. The lowest BCUT2D eigenvalue weighted by Gasteiger charge is -2.15. The smallest absolute Gasteiger partial charge is 0.416 e. The van der Waals surface area contributed by atoms with Crippen LogP contribution >= 0.6 is 0 Å². The molecule has 1 unspecified atom stereocenters. The lowest BCUT2D eigenvalue weighted by Crippen LogP contribution is -2.24. The quantitative estimate of drug-likeness (QED) is 0.842. The van der Waals surface area contributed by atoms with Gasteiger partial charge in [0.05, 0.1) is 11.6 Å². The van der Waals surface area contributed by atoms with E-state index in [-0.39, 0.29) is 0 Å². The summed E-state index contributed by atoms with van der Waals surface area (Å²) in [7, 11) is 0. The molecule has 0 aliphatic rings. The van der Waals surface area contributed by atoms with Crippen molar-refractivity contribution in [3.05, 3.63) is 65.1 Å². The molecule has 1 aromatic carbocycles. The minimum atomic E-state index is -4.41. The van der Waals surface area contributed by atoms with E-state index in [4.69, 9.17) is 4.42 Å². The largest absolute Gasteiger partial charge is 0.462 e. The van der Waals surface area contributed by atoms with E-state index in [0.717, 1.165) is 17.9 Å². The Morgan fingerprint density at radius 3 is 2.61 bits per heavy atom. The van der Waals surface area contributed by atoms with E-state index >= 15 is 0 Å². The molecular formula is C17H16F3NO2. The van der Waals surface area contributed by atoms with Gasteiger partial charge in [-0.25, -0.2) is 0 Å². The number of hydrogen-bond donors (Lipinski definition) is 1. The molecule has 0 fully saturated rings. The maximum atomic E-state index is 12.7. The first kappa shape index (κ1) is 16.9. The van der Waals surface area contributed by atoms with Gasteiger partial charge in [-0.15, -0.1) is 0 Å². The number of carbonyl (C=O) groups excluding carboxylic acids is 1. The van der Waals surface area contributed by atoms with Gasteiger partial charge in [0.2, 0.25) is 5.91 Å². The van der Waals surface area contributed by atoms with Crippen molar-refractivity contribution in [2.75, 3.05) is 0 Å². The molecule has 0 bridgehead atoms. The highest BCUT2D eigenvalue weighted by Crippen LogP contribution is 2.30. The predicted molar refractivity (Wildman–Crippen MR) is 80.5 cm³/mol. The van der Waals surface area contributed by atoms with Gasteiger partial charge in [0.25, 0.3) is 0 Å². The van der Waals surface area contributed by atoms with Crippen LogP contribution in [0.4, 0.5) is 13.2 Å². The molecule has 0 aliphatic heterocycles. The first-order chi connectivity index (χ1) is 10.8. The van der Waals surface area contributed by atoms with Gasteiger partial charge in [-0.2, -0.15) is 13.2 Å². The lowest BCUT2D eigenvalue weighted by molar-refractivity contribution is -0.137. The summed E-state index contributed by atoms with van der Waals surface area (Å²) in [6.45, 7) is 3.41. The normalized spacial score (nSPS) is 13.3. The molecule has 0 spiro atoms. The third kappa shape index (κ3) is 4.74. The highest BCUT2D eigenvalue weighted by atomic mass is 19.4. The Morgan fingerprint density at radius 2 is 2.00 bits per heavy atom. The second-order valence-corrected chi connectivity index (χ2v) is 5.14. The topological polar surface area (TPSA) is 42.2 Å². The molecule has 0 saturated carbocycles. The number of alkyl halides is 3. The highest BCUT2D eigenvalue weighted by molar-refractivity contribution is 5.91. The molecule has 0 aliphatic carbocycles. The van der Waals surface area contributed by atoms with Crippen molar-refractivity contribution in [2.45, 2.75) is 26.1 Å². The zero-order chi connectivity index (χ0) is 17.0. The second kappa shape index (κ2) is 6.73. The monoisotopic (exact) mass is 323 g/mol. The molecule has 0 saturated heterocycles. The summed E-state index contributed by atoms with van der Waals surface area (Å²) < 4.78 is 43.4. The van der Waals surface area contributed by atoms with Crippen LogP contribution in [0.3, 0.4) is 0 Å². The summed E-state index contributed by atoms with van der Waals surface area (Å²) in [6, 6.07) is 7.83. The standard InChI is InChI=1S/C17H16F3NO2/c1-11-6-7-15(23-11)8-9-16(22)21-12(2)13-4-3-5-14(10-13)17(18,19)20/h3-10,12H,1-2H3,(H,21,22)/b9-8+. The van der Waals surface area contributed by atoms with Gasteiger partial charge in [-0.3, -0.25) is 4.79 Å². The number of rotatable bonds is 4. The summed E-state index contributed by atoms with van der Waals surface area (Å²) in [5.74, 6) is 0.843.